The van der Waals surface area contributed by atoms with Crippen LogP contribution in [0.2, 0.25) is 5.02 Å². The van der Waals surface area contributed by atoms with E-state index in [1.165, 1.54) is 12.5 Å². The van der Waals surface area contributed by atoms with Crippen molar-refractivity contribution in [1.29, 1.82) is 0 Å². The Balaban J connectivity index is 2.13. The van der Waals surface area contributed by atoms with Crippen LogP contribution in [-0.4, -0.2) is 25.7 Å². The minimum absolute atomic E-state index is 0.197. The molecule has 2 rings (SSSR count). The molecular formula is C12H14ClN5O. The highest BCUT2D eigenvalue weighted by Gasteiger charge is 2.18. The molecule has 0 spiro atoms. The van der Waals surface area contributed by atoms with E-state index in [-0.39, 0.29) is 11.9 Å². The lowest BCUT2D eigenvalue weighted by Gasteiger charge is -2.15. The Hall–Kier alpha value is -1.95. The molecule has 1 N–H and O–H groups in total. The molecule has 0 bridgehead atoms. The minimum Gasteiger partial charge on any atom is -0.341 e. The standard InChI is InChI=1S/C12H14ClN5O/c1-3-9(11-15-7-16-18(11)2)17-12(19)10-5-4-8(13)6-14-10/h4-7,9H,3H2,1-2H3,(H,17,19)/t9-/m1/s1. The van der Waals surface area contributed by atoms with E-state index in [1.807, 2.05) is 6.92 Å². The zero-order valence-electron chi connectivity index (χ0n) is 10.7. The average molecular weight is 280 g/mol. The van der Waals surface area contributed by atoms with Gasteiger partial charge in [-0.15, -0.1) is 0 Å². The van der Waals surface area contributed by atoms with E-state index < -0.39 is 0 Å². The molecule has 0 saturated carbocycles. The molecule has 19 heavy (non-hydrogen) atoms. The van der Waals surface area contributed by atoms with E-state index in [0.29, 0.717) is 23.0 Å². The highest BCUT2D eigenvalue weighted by atomic mass is 35.5. The summed E-state index contributed by atoms with van der Waals surface area (Å²) in [7, 11) is 1.79. The van der Waals surface area contributed by atoms with Gasteiger partial charge in [-0.2, -0.15) is 5.10 Å². The van der Waals surface area contributed by atoms with Crippen LogP contribution in [-0.2, 0) is 7.05 Å². The van der Waals surface area contributed by atoms with Crippen LogP contribution >= 0.6 is 11.6 Å². The Morgan fingerprint density at radius 3 is 2.79 bits per heavy atom. The largest absolute Gasteiger partial charge is 0.341 e. The van der Waals surface area contributed by atoms with Crippen molar-refractivity contribution in [2.24, 2.45) is 7.05 Å². The van der Waals surface area contributed by atoms with E-state index >= 15 is 0 Å². The van der Waals surface area contributed by atoms with Gasteiger partial charge in [0.1, 0.15) is 17.8 Å². The minimum atomic E-state index is -0.258. The van der Waals surface area contributed by atoms with Gasteiger partial charge >= 0.3 is 0 Å². The molecule has 0 aliphatic carbocycles. The van der Waals surface area contributed by atoms with Crippen molar-refractivity contribution in [2.45, 2.75) is 19.4 Å². The van der Waals surface area contributed by atoms with Gasteiger partial charge in [0.05, 0.1) is 11.1 Å². The van der Waals surface area contributed by atoms with Crippen molar-refractivity contribution in [3.63, 3.8) is 0 Å². The molecule has 0 aliphatic heterocycles. The fraction of sp³-hybridized carbons (Fsp3) is 0.333. The third-order valence-corrected chi connectivity index (χ3v) is 2.96. The first kappa shape index (κ1) is 13.5. The quantitative estimate of drug-likeness (QED) is 0.925. The van der Waals surface area contributed by atoms with E-state index in [9.17, 15) is 4.79 Å². The van der Waals surface area contributed by atoms with Crippen LogP contribution in [0.1, 0.15) is 35.7 Å². The second-order valence-electron chi connectivity index (χ2n) is 4.04. The fourth-order valence-electron chi connectivity index (χ4n) is 1.71. The maximum Gasteiger partial charge on any atom is 0.270 e. The average Bonchev–Trinajstić information content (AvgIpc) is 2.83. The molecule has 0 aliphatic rings. The van der Waals surface area contributed by atoms with Crippen molar-refractivity contribution in [3.8, 4) is 0 Å². The van der Waals surface area contributed by atoms with Crippen LogP contribution in [0.5, 0.6) is 0 Å². The van der Waals surface area contributed by atoms with E-state index in [2.05, 4.69) is 20.4 Å². The molecule has 0 radical (unpaired) electrons. The summed E-state index contributed by atoms with van der Waals surface area (Å²) in [6.45, 7) is 1.97. The lowest BCUT2D eigenvalue weighted by Crippen LogP contribution is -2.30. The van der Waals surface area contributed by atoms with E-state index in [4.69, 9.17) is 11.6 Å². The van der Waals surface area contributed by atoms with Crippen LogP contribution in [0.3, 0.4) is 0 Å². The normalized spacial score (nSPS) is 12.2. The SMILES string of the molecule is CC[C@@H](NC(=O)c1ccc(Cl)cn1)c1ncnn1C. The van der Waals surface area contributed by atoms with Crippen LogP contribution in [0.4, 0.5) is 0 Å². The first-order valence-electron chi connectivity index (χ1n) is 5.88. The molecule has 100 valence electrons. The summed E-state index contributed by atoms with van der Waals surface area (Å²) in [5.41, 5.74) is 0.324. The molecule has 2 heterocycles. The number of halogens is 1. The van der Waals surface area contributed by atoms with Crippen molar-refractivity contribution in [1.82, 2.24) is 25.1 Å². The van der Waals surface area contributed by atoms with Gasteiger partial charge < -0.3 is 5.32 Å². The molecule has 0 saturated heterocycles. The molecule has 0 unspecified atom stereocenters. The molecule has 6 nitrogen and oxygen atoms in total. The van der Waals surface area contributed by atoms with Crippen LogP contribution in [0, 0.1) is 0 Å². The zero-order valence-corrected chi connectivity index (χ0v) is 11.4. The Bertz CT molecular complexity index is 566. The summed E-state index contributed by atoms with van der Waals surface area (Å²) < 4.78 is 1.64. The number of rotatable bonds is 4. The molecule has 0 aromatic carbocycles. The Morgan fingerprint density at radius 2 is 2.26 bits per heavy atom. The van der Waals surface area contributed by atoms with Gasteiger partial charge in [0.15, 0.2) is 0 Å². The van der Waals surface area contributed by atoms with E-state index in [0.717, 1.165) is 0 Å². The van der Waals surface area contributed by atoms with Gasteiger partial charge in [0.2, 0.25) is 0 Å². The second-order valence-corrected chi connectivity index (χ2v) is 4.47. The Kier molecular flexibility index (Phi) is 4.11. The van der Waals surface area contributed by atoms with Gasteiger partial charge in [0.25, 0.3) is 5.91 Å². The Morgan fingerprint density at radius 1 is 1.47 bits per heavy atom. The van der Waals surface area contributed by atoms with Crippen molar-refractivity contribution >= 4 is 17.5 Å². The molecule has 2 aromatic heterocycles. The number of nitrogens with one attached hydrogen (secondary N) is 1. The number of hydrogen-bond acceptors (Lipinski definition) is 4. The van der Waals surface area contributed by atoms with Gasteiger partial charge in [-0.05, 0) is 18.6 Å². The molecular weight excluding hydrogens is 266 g/mol. The van der Waals surface area contributed by atoms with E-state index in [1.54, 1.807) is 23.9 Å². The van der Waals surface area contributed by atoms with Gasteiger partial charge in [-0.3, -0.25) is 9.48 Å². The van der Waals surface area contributed by atoms with Crippen molar-refractivity contribution in [2.75, 3.05) is 0 Å². The fourth-order valence-corrected chi connectivity index (χ4v) is 1.82. The summed E-state index contributed by atoms with van der Waals surface area (Å²) >= 11 is 5.74. The third-order valence-electron chi connectivity index (χ3n) is 2.73. The third kappa shape index (κ3) is 3.08. The number of pyridine rings is 1. The predicted molar refractivity (Wildman–Crippen MR) is 70.7 cm³/mol. The first-order valence-corrected chi connectivity index (χ1v) is 6.26. The first-order chi connectivity index (χ1) is 9.11. The molecule has 1 amide bonds. The summed E-state index contributed by atoms with van der Waals surface area (Å²) in [5, 5.41) is 7.37. The van der Waals surface area contributed by atoms with Crippen LogP contribution < -0.4 is 5.32 Å². The molecule has 0 fully saturated rings. The van der Waals surface area contributed by atoms with Gasteiger partial charge in [0, 0.05) is 13.2 Å². The number of carbonyl (C=O) groups is 1. The second kappa shape index (κ2) is 5.79. The predicted octanol–water partition coefficient (Wildman–Crippen LogP) is 1.74. The van der Waals surface area contributed by atoms with Gasteiger partial charge in [-0.25, -0.2) is 9.97 Å². The van der Waals surface area contributed by atoms with Crippen LogP contribution in [0.15, 0.2) is 24.7 Å². The number of nitrogens with zero attached hydrogens (tertiary/aromatic N) is 4. The molecule has 7 heteroatoms. The smallest absolute Gasteiger partial charge is 0.270 e. The van der Waals surface area contributed by atoms with Crippen molar-refractivity contribution in [3.05, 3.63) is 41.2 Å². The number of aromatic nitrogens is 4. The summed E-state index contributed by atoms with van der Waals surface area (Å²) in [5.74, 6) is 0.455. The number of hydrogen-bond donors (Lipinski definition) is 1. The Labute approximate surface area is 115 Å². The lowest BCUT2D eigenvalue weighted by atomic mass is 10.2. The van der Waals surface area contributed by atoms with Crippen LogP contribution in [0.25, 0.3) is 0 Å². The number of amides is 1. The maximum atomic E-state index is 12.1. The molecule has 1 atom stereocenters. The summed E-state index contributed by atoms with van der Waals surface area (Å²) in [4.78, 5) is 20.2. The number of carbonyl (C=O) groups excluding carboxylic acids is 1. The number of aryl methyl sites for hydroxylation is 1. The monoisotopic (exact) mass is 279 g/mol. The maximum absolute atomic E-state index is 12.1. The summed E-state index contributed by atoms with van der Waals surface area (Å²) in [6, 6.07) is 3.02. The van der Waals surface area contributed by atoms with Crippen molar-refractivity contribution < 1.29 is 4.79 Å². The lowest BCUT2D eigenvalue weighted by molar-refractivity contribution is 0.0928. The highest BCUT2D eigenvalue weighted by Crippen LogP contribution is 2.14. The topological polar surface area (TPSA) is 72.7 Å². The summed E-state index contributed by atoms with van der Waals surface area (Å²) in [6.07, 6.45) is 3.62. The molecule has 2 aromatic rings. The zero-order chi connectivity index (χ0) is 13.8. The highest BCUT2D eigenvalue weighted by molar-refractivity contribution is 6.30. The van der Waals surface area contributed by atoms with Gasteiger partial charge in [-0.1, -0.05) is 18.5 Å².